The molecule has 0 saturated carbocycles. The molecule has 0 spiro atoms. The highest BCUT2D eigenvalue weighted by Crippen LogP contribution is 2.31. The first kappa shape index (κ1) is 23.2. The van der Waals surface area contributed by atoms with Crippen LogP contribution in [0.3, 0.4) is 0 Å². The fourth-order valence-corrected chi connectivity index (χ4v) is 5.00. The Bertz CT molecular complexity index is 498. The molecule has 2 aliphatic heterocycles. The molecule has 2 fully saturated rings. The van der Waals surface area contributed by atoms with Gasteiger partial charge in [-0.15, -0.1) is 23.4 Å². The third-order valence-electron chi connectivity index (χ3n) is 5.63. The number of nitrogens with zero attached hydrogens (tertiary/aromatic N) is 1. The Kier molecular flexibility index (Phi) is 8.67. The van der Waals surface area contributed by atoms with Gasteiger partial charge in [0.1, 0.15) is 29.9 Å². The summed E-state index contributed by atoms with van der Waals surface area (Å²) in [6.07, 6.45) is -0.0980. The van der Waals surface area contributed by atoms with E-state index in [0.29, 0.717) is 5.92 Å². The fourth-order valence-electron chi connectivity index (χ4n) is 4.11. The van der Waals surface area contributed by atoms with Crippen molar-refractivity contribution in [1.29, 1.82) is 0 Å². The van der Waals surface area contributed by atoms with Crippen LogP contribution in [-0.4, -0.2) is 93.3 Å². The van der Waals surface area contributed by atoms with Crippen LogP contribution in [0, 0.1) is 5.92 Å². The number of thioether (sulfide) groups is 1. The van der Waals surface area contributed by atoms with Crippen molar-refractivity contribution in [2.45, 2.75) is 80.4 Å². The predicted octanol–water partition coefficient (Wildman–Crippen LogP) is 0.390. The van der Waals surface area contributed by atoms with Crippen LogP contribution in [0.2, 0.25) is 0 Å². The van der Waals surface area contributed by atoms with Crippen LogP contribution >= 0.6 is 23.4 Å². The number of likely N-dealkylation sites (N-methyl/N-ethyl adjacent to an activating group) is 1. The van der Waals surface area contributed by atoms with Gasteiger partial charge >= 0.3 is 0 Å². The Labute approximate surface area is 170 Å². The van der Waals surface area contributed by atoms with Gasteiger partial charge in [-0.25, -0.2) is 0 Å². The molecule has 9 heteroatoms. The van der Waals surface area contributed by atoms with E-state index >= 15 is 0 Å². The molecule has 7 nitrogen and oxygen atoms in total. The number of amides is 1. The maximum absolute atomic E-state index is 12.9. The van der Waals surface area contributed by atoms with Crippen LogP contribution < -0.4 is 5.32 Å². The number of aliphatic hydroxyl groups excluding tert-OH is 3. The van der Waals surface area contributed by atoms with E-state index in [0.717, 1.165) is 25.8 Å². The summed E-state index contributed by atoms with van der Waals surface area (Å²) in [7, 11) is 1.94. The molecule has 2 rings (SSSR count). The van der Waals surface area contributed by atoms with E-state index < -0.39 is 41.3 Å². The summed E-state index contributed by atoms with van der Waals surface area (Å²) in [5.41, 5.74) is -0.702. The van der Waals surface area contributed by atoms with E-state index in [1.54, 1.807) is 13.2 Å². The maximum Gasteiger partial charge on any atom is 0.237 e. The molecule has 2 aliphatic rings. The van der Waals surface area contributed by atoms with Gasteiger partial charge in [0.15, 0.2) is 0 Å². The monoisotopic (exact) mass is 424 g/mol. The Morgan fingerprint density at radius 2 is 2.00 bits per heavy atom. The Hall–Kier alpha value is -0.0900. The summed E-state index contributed by atoms with van der Waals surface area (Å²) in [6.45, 7) is 4.74. The third kappa shape index (κ3) is 5.29. The van der Waals surface area contributed by atoms with Gasteiger partial charge < -0.3 is 25.4 Å². The third-order valence-corrected chi connectivity index (χ3v) is 6.76. The molecule has 0 aromatic rings. The van der Waals surface area contributed by atoms with Crippen LogP contribution in [0.15, 0.2) is 0 Å². The summed E-state index contributed by atoms with van der Waals surface area (Å²) in [6, 6.07) is -0.934. The number of ether oxygens (including phenoxy) is 1. The highest BCUT2D eigenvalue weighted by molar-refractivity contribution is 7.99. The molecule has 0 bridgehead atoms. The first-order valence-corrected chi connectivity index (χ1v) is 11.3. The zero-order chi connectivity index (χ0) is 20.3. The summed E-state index contributed by atoms with van der Waals surface area (Å²) in [5.74, 6) is 0.350. The quantitative estimate of drug-likeness (QED) is 0.438. The minimum atomic E-state index is -1.36. The number of hydrogen-bond acceptors (Lipinski definition) is 7. The molecule has 9 atom stereocenters. The zero-order valence-electron chi connectivity index (χ0n) is 16.4. The second kappa shape index (κ2) is 10.1. The lowest BCUT2D eigenvalue weighted by atomic mass is 9.92. The minimum Gasteiger partial charge on any atom is -0.388 e. The van der Waals surface area contributed by atoms with E-state index in [1.807, 2.05) is 11.9 Å². The maximum atomic E-state index is 12.9. The Balaban J connectivity index is 2.09. The number of alkyl halides is 1. The standard InChI is InChI=1S/C18H33ClN2O5S/c1-5-6-10-7-11(21(3)8-10)17(25)20-12(9(2)19)16-14(23)13(22)15(24)18(26-16)27-4/h9-16,18,22-24H,5-8H2,1-4H3,(H,20,25)/t9?,10-,11+,12?,13+,14+,15-,16-,18-/m1/s1. The summed E-state index contributed by atoms with van der Waals surface area (Å²) >= 11 is 7.55. The average Bonchev–Trinajstić information content (AvgIpc) is 2.99. The summed E-state index contributed by atoms with van der Waals surface area (Å²) in [5, 5.41) is 33.0. The van der Waals surface area contributed by atoms with Crippen molar-refractivity contribution < 1.29 is 24.9 Å². The Morgan fingerprint density at radius 1 is 1.33 bits per heavy atom. The number of rotatable bonds is 7. The van der Waals surface area contributed by atoms with Crippen molar-refractivity contribution in [2.75, 3.05) is 19.8 Å². The number of likely N-dealkylation sites (tertiary alicyclic amines) is 1. The number of hydrogen-bond donors (Lipinski definition) is 4. The second-order valence-corrected chi connectivity index (χ2v) is 9.36. The van der Waals surface area contributed by atoms with Gasteiger partial charge in [-0.2, -0.15) is 0 Å². The highest BCUT2D eigenvalue weighted by atomic mass is 35.5. The van der Waals surface area contributed by atoms with E-state index in [1.165, 1.54) is 11.8 Å². The number of carbonyl (C=O) groups is 1. The normalized spacial score (nSPS) is 39.9. The predicted molar refractivity (Wildman–Crippen MR) is 107 cm³/mol. The lowest BCUT2D eigenvalue weighted by molar-refractivity contribution is -0.205. The van der Waals surface area contributed by atoms with Gasteiger partial charge in [-0.3, -0.25) is 9.69 Å². The summed E-state index contributed by atoms with van der Waals surface area (Å²) < 4.78 is 5.79. The van der Waals surface area contributed by atoms with Gasteiger partial charge in [0.2, 0.25) is 5.91 Å². The molecule has 158 valence electrons. The molecule has 0 aromatic heterocycles. The van der Waals surface area contributed by atoms with Crippen LogP contribution in [0.25, 0.3) is 0 Å². The molecule has 2 unspecified atom stereocenters. The minimum absolute atomic E-state index is 0.147. The highest BCUT2D eigenvalue weighted by Gasteiger charge is 2.48. The van der Waals surface area contributed by atoms with Gasteiger partial charge in [0.05, 0.1) is 17.5 Å². The van der Waals surface area contributed by atoms with Crippen molar-refractivity contribution >= 4 is 29.3 Å². The van der Waals surface area contributed by atoms with E-state index in [9.17, 15) is 20.1 Å². The van der Waals surface area contributed by atoms with Crippen molar-refractivity contribution in [2.24, 2.45) is 5.92 Å². The molecular weight excluding hydrogens is 392 g/mol. The first-order chi connectivity index (χ1) is 12.7. The lowest BCUT2D eigenvalue weighted by Crippen LogP contribution is -2.65. The van der Waals surface area contributed by atoms with Gasteiger partial charge in [0, 0.05) is 6.54 Å². The summed E-state index contributed by atoms with van der Waals surface area (Å²) in [4.78, 5) is 14.9. The van der Waals surface area contributed by atoms with E-state index in [4.69, 9.17) is 16.3 Å². The molecule has 2 saturated heterocycles. The van der Waals surface area contributed by atoms with Gasteiger partial charge in [0.25, 0.3) is 0 Å². The number of halogens is 1. The van der Waals surface area contributed by atoms with Crippen molar-refractivity contribution in [1.82, 2.24) is 10.2 Å². The molecule has 0 aromatic carbocycles. The average molecular weight is 425 g/mol. The molecule has 27 heavy (non-hydrogen) atoms. The topological polar surface area (TPSA) is 102 Å². The smallest absolute Gasteiger partial charge is 0.237 e. The number of nitrogens with one attached hydrogen (secondary N) is 1. The van der Waals surface area contributed by atoms with Crippen LogP contribution in [0.4, 0.5) is 0 Å². The second-order valence-electron chi connectivity index (χ2n) is 7.73. The van der Waals surface area contributed by atoms with Crippen LogP contribution in [-0.2, 0) is 9.53 Å². The SMILES string of the molecule is CCC[C@@H]1C[C@@H](C(=O)NC(C(C)Cl)[C@H]2O[C@H](SC)[C@H](O)[C@@H](O)[C@@H]2O)N(C)C1. The largest absolute Gasteiger partial charge is 0.388 e. The van der Waals surface area contributed by atoms with Crippen molar-refractivity contribution in [3.8, 4) is 0 Å². The van der Waals surface area contributed by atoms with Gasteiger partial charge in [-0.1, -0.05) is 13.3 Å². The van der Waals surface area contributed by atoms with Crippen molar-refractivity contribution in [3.63, 3.8) is 0 Å². The fraction of sp³-hybridized carbons (Fsp3) is 0.944. The first-order valence-electron chi connectivity index (χ1n) is 9.58. The molecular formula is C18H33ClN2O5S. The lowest BCUT2D eigenvalue weighted by Gasteiger charge is -2.44. The molecule has 1 amide bonds. The molecule has 2 heterocycles. The van der Waals surface area contributed by atoms with Gasteiger partial charge in [-0.05, 0) is 39.0 Å². The zero-order valence-corrected chi connectivity index (χ0v) is 18.0. The van der Waals surface area contributed by atoms with Crippen LogP contribution in [0.5, 0.6) is 0 Å². The molecule has 0 aliphatic carbocycles. The Morgan fingerprint density at radius 3 is 2.56 bits per heavy atom. The number of aliphatic hydroxyl groups is 3. The molecule has 4 N–H and O–H groups in total. The number of carbonyl (C=O) groups excluding carboxylic acids is 1. The van der Waals surface area contributed by atoms with E-state index in [2.05, 4.69) is 12.2 Å². The van der Waals surface area contributed by atoms with Crippen molar-refractivity contribution in [3.05, 3.63) is 0 Å². The molecule has 0 radical (unpaired) electrons. The van der Waals surface area contributed by atoms with Crippen LogP contribution in [0.1, 0.15) is 33.1 Å². The van der Waals surface area contributed by atoms with E-state index in [-0.39, 0.29) is 11.9 Å².